The summed E-state index contributed by atoms with van der Waals surface area (Å²) in [4.78, 5) is 18.6. The lowest BCUT2D eigenvalue weighted by molar-refractivity contribution is -0.131. The van der Waals surface area contributed by atoms with Crippen LogP contribution >= 0.6 is 0 Å². The first kappa shape index (κ1) is 16.9. The number of halogens is 1. The molecule has 2 aromatic rings. The number of carbonyl (C=O) groups excluding carboxylic acids is 1. The summed E-state index contributed by atoms with van der Waals surface area (Å²) in [6.07, 6.45) is 4.81. The maximum absolute atomic E-state index is 13.2. The van der Waals surface area contributed by atoms with Gasteiger partial charge >= 0.3 is 0 Å². The fourth-order valence-electron chi connectivity index (χ4n) is 2.17. The van der Waals surface area contributed by atoms with E-state index in [0.29, 0.717) is 12.1 Å². The van der Waals surface area contributed by atoms with Crippen molar-refractivity contribution < 1.29 is 9.18 Å². The number of benzene rings is 1. The number of rotatable bonds is 4. The van der Waals surface area contributed by atoms with Crippen molar-refractivity contribution in [1.29, 1.82) is 0 Å². The molecule has 3 nitrogen and oxygen atoms in total. The zero-order valence-electron chi connectivity index (χ0n) is 13.7. The van der Waals surface area contributed by atoms with Gasteiger partial charge in [-0.2, -0.15) is 0 Å². The first-order valence-corrected chi connectivity index (χ1v) is 7.51. The molecule has 0 aliphatic carbocycles. The molecular weight excluding hydrogens is 291 g/mol. The number of carbonyl (C=O) groups is 1. The van der Waals surface area contributed by atoms with E-state index < -0.39 is 0 Å². The molecule has 0 bridgehead atoms. The molecule has 1 heterocycles. The summed E-state index contributed by atoms with van der Waals surface area (Å²) in [5.74, 6) is -0.451. The molecule has 1 amide bonds. The zero-order valence-corrected chi connectivity index (χ0v) is 13.7. The van der Waals surface area contributed by atoms with Crippen LogP contribution in [-0.2, 0) is 11.3 Å². The molecule has 0 saturated heterocycles. The van der Waals surface area contributed by atoms with E-state index in [1.807, 2.05) is 39.0 Å². The molecule has 0 spiro atoms. The monoisotopic (exact) mass is 312 g/mol. The van der Waals surface area contributed by atoms with Gasteiger partial charge in [-0.15, -0.1) is 0 Å². The fraction of sp³-hybridized carbons (Fsp3) is 0.263. The van der Waals surface area contributed by atoms with E-state index in [9.17, 15) is 9.18 Å². The Morgan fingerprint density at radius 1 is 1.22 bits per heavy atom. The van der Waals surface area contributed by atoms with Crippen molar-refractivity contribution >= 4 is 12.0 Å². The van der Waals surface area contributed by atoms with Crippen molar-refractivity contribution in [1.82, 2.24) is 9.88 Å². The van der Waals surface area contributed by atoms with Gasteiger partial charge in [0.05, 0.1) is 12.2 Å². The van der Waals surface area contributed by atoms with Crippen molar-refractivity contribution in [2.24, 2.45) is 0 Å². The van der Waals surface area contributed by atoms with Crippen LogP contribution in [0.5, 0.6) is 0 Å². The molecule has 0 unspecified atom stereocenters. The smallest absolute Gasteiger partial charge is 0.247 e. The van der Waals surface area contributed by atoms with Crippen LogP contribution < -0.4 is 0 Å². The van der Waals surface area contributed by atoms with Crippen molar-refractivity contribution in [3.05, 3.63) is 71.8 Å². The maximum atomic E-state index is 13.2. The van der Waals surface area contributed by atoms with Crippen molar-refractivity contribution in [3.8, 4) is 0 Å². The molecule has 2 rings (SSSR count). The lowest BCUT2D eigenvalue weighted by atomic mass is 10.0. The molecule has 4 heteroatoms. The second-order valence-electron chi connectivity index (χ2n) is 6.30. The number of pyridine rings is 1. The summed E-state index contributed by atoms with van der Waals surface area (Å²) in [6.45, 7) is 6.36. The van der Waals surface area contributed by atoms with Crippen LogP contribution in [0, 0.1) is 5.82 Å². The lowest BCUT2D eigenvalue weighted by Gasteiger charge is -2.34. The second-order valence-corrected chi connectivity index (χ2v) is 6.30. The van der Waals surface area contributed by atoms with E-state index in [4.69, 9.17) is 0 Å². The molecule has 0 saturated carbocycles. The molecule has 0 atom stereocenters. The summed E-state index contributed by atoms with van der Waals surface area (Å²) in [5, 5.41) is 0. The molecule has 0 aliphatic heterocycles. The highest BCUT2D eigenvalue weighted by Crippen LogP contribution is 2.18. The van der Waals surface area contributed by atoms with Gasteiger partial charge in [-0.25, -0.2) is 4.39 Å². The van der Waals surface area contributed by atoms with Gasteiger partial charge in [-0.1, -0.05) is 18.2 Å². The molecule has 23 heavy (non-hydrogen) atoms. The highest BCUT2D eigenvalue weighted by atomic mass is 19.1. The topological polar surface area (TPSA) is 33.2 Å². The van der Waals surface area contributed by atoms with Gasteiger partial charge in [0.15, 0.2) is 0 Å². The minimum absolute atomic E-state index is 0.132. The van der Waals surface area contributed by atoms with Crippen LogP contribution in [0.4, 0.5) is 4.39 Å². The number of aromatic nitrogens is 1. The molecule has 120 valence electrons. The van der Waals surface area contributed by atoms with Gasteiger partial charge in [0.2, 0.25) is 5.91 Å². The highest BCUT2D eigenvalue weighted by molar-refractivity contribution is 5.92. The minimum Gasteiger partial charge on any atom is -0.328 e. The van der Waals surface area contributed by atoms with Gasteiger partial charge in [0.1, 0.15) is 5.82 Å². The minimum atomic E-state index is -0.346. The molecule has 1 aromatic carbocycles. The van der Waals surface area contributed by atoms with Crippen LogP contribution in [0.3, 0.4) is 0 Å². The first-order chi connectivity index (χ1) is 10.9. The number of amides is 1. The highest BCUT2D eigenvalue weighted by Gasteiger charge is 2.25. The summed E-state index contributed by atoms with van der Waals surface area (Å²) < 4.78 is 13.2. The largest absolute Gasteiger partial charge is 0.328 e. The van der Waals surface area contributed by atoms with Crippen LogP contribution in [0.15, 0.2) is 54.7 Å². The van der Waals surface area contributed by atoms with Gasteiger partial charge in [-0.3, -0.25) is 9.78 Å². The van der Waals surface area contributed by atoms with Crippen molar-refractivity contribution in [2.75, 3.05) is 0 Å². The average Bonchev–Trinajstić information content (AvgIpc) is 2.50. The van der Waals surface area contributed by atoms with E-state index in [2.05, 4.69) is 4.98 Å². The van der Waals surface area contributed by atoms with E-state index in [-0.39, 0.29) is 17.3 Å². The Kier molecular flexibility index (Phi) is 5.27. The van der Waals surface area contributed by atoms with E-state index in [0.717, 1.165) is 5.69 Å². The molecule has 0 N–H and O–H groups in total. The van der Waals surface area contributed by atoms with Crippen molar-refractivity contribution in [2.45, 2.75) is 32.9 Å². The Bertz CT molecular complexity index is 690. The van der Waals surface area contributed by atoms with Crippen LogP contribution in [0.1, 0.15) is 32.0 Å². The predicted octanol–water partition coefficient (Wildman–Crippen LogP) is 4.06. The Morgan fingerprint density at radius 3 is 2.61 bits per heavy atom. The Labute approximate surface area is 136 Å². The Morgan fingerprint density at radius 2 is 2.00 bits per heavy atom. The average molecular weight is 312 g/mol. The number of hydrogen-bond acceptors (Lipinski definition) is 2. The third-order valence-corrected chi connectivity index (χ3v) is 3.39. The van der Waals surface area contributed by atoms with E-state index in [1.54, 1.807) is 29.3 Å². The number of nitrogens with zero attached hydrogens (tertiary/aromatic N) is 2. The van der Waals surface area contributed by atoms with Gasteiger partial charge in [-0.05, 0) is 56.7 Å². The summed E-state index contributed by atoms with van der Waals surface area (Å²) in [6, 6.07) is 11.8. The first-order valence-electron chi connectivity index (χ1n) is 7.51. The Balaban J connectivity index is 2.17. The van der Waals surface area contributed by atoms with Crippen LogP contribution in [-0.4, -0.2) is 21.3 Å². The summed E-state index contributed by atoms with van der Waals surface area (Å²) in [7, 11) is 0. The summed E-state index contributed by atoms with van der Waals surface area (Å²) >= 11 is 0. The number of hydrogen-bond donors (Lipinski definition) is 0. The molecule has 0 fully saturated rings. The SMILES string of the molecule is CC(C)(C)N(Cc1ccccn1)C(=O)/C=C/c1cccc(F)c1. The third kappa shape index (κ3) is 5.02. The lowest BCUT2D eigenvalue weighted by Crippen LogP contribution is -2.44. The predicted molar refractivity (Wildman–Crippen MR) is 90.0 cm³/mol. The third-order valence-electron chi connectivity index (χ3n) is 3.39. The van der Waals surface area contributed by atoms with Gasteiger partial charge in [0.25, 0.3) is 0 Å². The maximum Gasteiger partial charge on any atom is 0.247 e. The van der Waals surface area contributed by atoms with Gasteiger partial charge in [0, 0.05) is 17.8 Å². The molecule has 1 aromatic heterocycles. The molecular formula is C19H21FN2O. The molecule has 0 aliphatic rings. The fourth-order valence-corrected chi connectivity index (χ4v) is 2.17. The van der Waals surface area contributed by atoms with E-state index >= 15 is 0 Å². The quantitative estimate of drug-likeness (QED) is 0.798. The molecule has 0 radical (unpaired) electrons. The van der Waals surface area contributed by atoms with Gasteiger partial charge < -0.3 is 4.90 Å². The zero-order chi connectivity index (χ0) is 16.9. The summed E-state index contributed by atoms with van der Waals surface area (Å²) in [5.41, 5.74) is 1.14. The normalized spacial score (nSPS) is 11.7. The second kappa shape index (κ2) is 7.18. The Hall–Kier alpha value is -2.49. The van der Waals surface area contributed by atoms with Crippen LogP contribution in [0.2, 0.25) is 0 Å². The van der Waals surface area contributed by atoms with Crippen LogP contribution in [0.25, 0.3) is 6.08 Å². The van der Waals surface area contributed by atoms with E-state index in [1.165, 1.54) is 18.2 Å². The van der Waals surface area contributed by atoms with Crippen molar-refractivity contribution in [3.63, 3.8) is 0 Å². The standard InChI is InChI=1S/C19H21FN2O/c1-19(2,3)22(14-17-9-4-5-12-21-17)18(23)11-10-15-7-6-8-16(20)13-15/h4-13H,14H2,1-3H3/b11-10+.